The third-order valence-corrected chi connectivity index (χ3v) is 2.03. The third kappa shape index (κ3) is 2.42. The summed E-state index contributed by atoms with van der Waals surface area (Å²) in [6.07, 6.45) is 3.16. The van der Waals surface area contributed by atoms with Crippen LogP contribution in [0.5, 0.6) is 0 Å². The number of pyridine rings is 1. The molecule has 0 aliphatic carbocycles. The number of hydrogen-bond acceptors (Lipinski definition) is 2. The number of nitrogens with one attached hydrogen (secondary N) is 1. The lowest BCUT2D eigenvalue weighted by Crippen LogP contribution is -2.11. The van der Waals surface area contributed by atoms with E-state index in [-0.39, 0.29) is 11.7 Å². The van der Waals surface area contributed by atoms with E-state index >= 15 is 0 Å². The van der Waals surface area contributed by atoms with Crippen molar-refractivity contribution in [3.05, 3.63) is 60.2 Å². The summed E-state index contributed by atoms with van der Waals surface area (Å²) >= 11 is 0. The first-order valence-corrected chi connectivity index (χ1v) is 4.72. The first kappa shape index (κ1) is 10.3. The maximum absolute atomic E-state index is 12.6. The van der Waals surface area contributed by atoms with E-state index in [1.165, 1.54) is 24.3 Å². The van der Waals surface area contributed by atoms with Gasteiger partial charge >= 0.3 is 0 Å². The van der Waals surface area contributed by atoms with Gasteiger partial charge < -0.3 is 5.32 Å². The van der Waals surface area contributed by atoms with E-state index in [0.717, 1.165) is 0 Å². The van der Waals surface area contributed by atoms with Crippen molar-refractivity contribution >= 4 is 11.6 Å². The fraction of sp³-hybridized carbons (Fsp3) is 0. The number of anilines is 1. The van der Waals surface area contributed by atoms with Crippen molar-refractivity contribution in [3.63, 3.8) is 0 Å². The van der Waals surface area contributed by atoms with E-state index in [1.54, 1.807) is 24.5 Å². The number of benzene rings is 1. The first-order valence-electron chi connectivity index (χ1n) is 4.72. The van der Waals surface area contributed by atoms with Gasteiger partial charge in [-0.05, 0) is 36.4 Å². The number of aromatic nitrogens is 1. The molecule has 0 fully saturated rings. The summed E-state index contributed by atoms with van der Waals surface area (Å²) in [6, 6.07) is 8.81. The Kier molecular flexibility index (Phi) is 2.91. The Bertz CT molecular complexity index is 482. The van der Waals surface area contributed by atoms with Crippen LogP contribution in [0.15, 0.2) is 48.8 Å². The zero-order valence-corrected chi connectivity index (χ0v) is 8.35. The van der Waals surface area contributed by atoms with Gasteiger partial charge in [0.25, 0.3) is 5.91 Å². The monoisotopic (exact) mass is 215 g/mol. The highest BCUT2D eigenvalue weighted by Gasteiger charge is 2.05. The molecule has 0 bridgehead atoms. The number of rotatable bonds is 2. The van der Waals surface area contributed by atoms with Crippen LogP contribution in [-0.4, -0.2) is 10.9 Å². The number of amides is 1. The summed E-state index contributed by atoms with van der Waals surface area (Å²) in [4.78, 5) is 15.5. The topological polar surface area (TPSA) is 42.0 Å². The highest BCUT2D eigenvalue weighted by molar-refractivity contribution is 6.04. The van der Waals surface area contributed by atoms with E-state index in [1.807, 2.05) is 0 Å². The van der Waals surface area contributed by atoms with Gasteiger partial charge in [0.2, 0.25) is 0 Å². The van der Waals surface area contributed by atoms with Crippen LogP contribution in [-0.2, 0) is 0 Å². The van der Waals surface area contributed by atoms with Gasteiger partial charge in [0, 0.05) is 11.8 Å². The standard InChI is InChI=1S/C12H9FN2O/c13-10-5-3-9(4-6-10)12(16)15-11-2-1-7-14-8-11/h1-8H,(H,15,16)/i12-1. The molecule has 80 valence electrons. The zero-order valence-electron chi connectivity index (χ0n) is 8.35. The zero-order chi connectivity index (χ0) is 11.4. The normalized spacial score (nSPS) is 9.81. The molecule has 1 N–H and O–H groups in total. The fourth-order valence-corrected chi connectivity index (χ4v) is 1.24. The average molecular weight is 215 g/mol. The lowest BCUT2D eigenvalue weighted by molar-refractivity contribution is 0.102. The first-order chi connectivity index (χ1) is 7.75. The lowest BCUT2D eigenvalue weighted by atomic mass is 9.88. The minimum atomic E-state index is -0.363. The number of nitrogens with zero attached hydrogens (tertiary/aromatic N) is 1. The molecule has 0 saturated carbocycles. The maximum Gasteiger partial charge on any atom is 0.255 e. The molecule has 0 aliphatic rings. The van der Waals surface area contributed by atoms with Gasteiger partial charge in [-0.15, -0.1) is 0 Å². The van der Waals surface area contributed by atoms with E-state index in [0.29, 0.717) is 11.3 Å². The van der Waals surface area contributed by atoms with E-state index in [2.05, 4.69) is 10.3 Å². The summed E-state index contributed by atoms with van der Waals surface area (Å²) in [6.45, 7) is 0. The Hall–Kier alpha value is -2.23. The van der Waals surface area contributed by atoms with Crippen molar-refractivity contribution in [1.29, 1.82) is 0 Å². The van der Waals surface area contributed by atoms with Crippen LogP contribution in [0, 0.1) is 5.82 Å². The van der Waals surface area contributed by atoms with Gasteiger partial charge in [0.15, 0.2) is 0 Å². The van der Waals surface area contributed by atoms with Gasteiger partial charge in [-0.3, -0.25) is 9.78 Å². The fourth-order valence-electron chi connectivity index (χ4n) is 1.24. The summed E-state index contributed by atoms with van der Waals surface area (Å²) in [5, 5.41) is 2.65. The predicted molar refractivity (Wildman–Crippen MR) is 58.6 cm³/mol. The lowest BCUT2D eigenvalue weighted by Gasteiger charge is -2.03. The van der Waals surface area contributed by atoms with Crippen LogP contribution in [0.3, 0.4) is 0 Å². The molecular weight excluding hydrogens is 206 g/mol. The van der Waals surface area contributed by atoms with Crippen molar-refractivity contribution in [2.75, 3.05) is 5.32 Å². The molecule has 1 amide bonds. The molecule has 0 spiro atoms. The Morgan fingerprint density at radius 2 is 1.94 bits per heavy atom. The van der Waals surface area contributed by atoms with Crippen molar-refractivity contribution in [2.45, 2.75) is 0 Å². The molecule has 0 aliphatic heterocycles. The van der Waals surface area contributed by atoms with Crippen LogP contribution in [0.2, 0.25) is 0 Å². The quantitative estimate of drug-likeness (QED) is 0.836. The molecule has 16 heavy (non-hydrogen) atoms. The molecule has 1 aromatic heterocycles. The minimum Gasteiger partial charge on any atom is -0.321 e. The number of carbonyl (C=O) groups is 1. The average Bonchev–Trinajstić information content (AvgIpc) is 2.31. The number of hydrogen-bond donors (Lipinski definition) is 1. The molecule has 0 saturated heterocycles. The van der Waals surface area contributed by atoms with Crippen LogP contribution in [0.25, 0.3) is 0 Å². The Balaban J connectivity index is 2.12. The Labute approximate surface area is 92.0 Å². The highest BCUT2D eigenvalue weighted by Crippen LogP contribution is 2.08. The van der Waals surface area contributed by atoms with E-state index < -0.39 is 0 Å². The van der Waals surface area contributed by atoms with Crippen molar-refractivity contribution < 1.29 is 9.18 Å². The van der Waals surface area contributed by atoms with Gasteiger partial charge in [-0.2, -0.15) is 0 Å². The van der Waals surface area contributed by atoms with Gasteiger partial charge in [0.1, 0.15) is 5.82 Å². The molecule has 0 unspecified atom stereocenters. The maximum atomic E-state index is 12.6. The second kappa shape index (κ2) is 4.53. The predicted octanol–water partition coefficient (Wildman–Crippen LogP) is 2.47. The molecule has 4 heteroatoms. The molecule has 1 aromatic carbocycles. The highest BCUT2D eigenvalue weighted by atomic mass is 19.1. The molecule has 3 nitrogen and oxygen atoms in total. The molecule has 1 heterocycles. The summed E-state index contributed by atoms with van der Waals surface area (Å²) in [5.41, 5.74) is 1.02. The third-order valence-electron chi connectivity index (χ3n) is 2.03. The largest absolute Gasteiger partial charge is 0.321 e. The van der Waals surface area contributed by atoms with Gasteiger partial charge in [0.05, 0.1) is 11.9 Å². The van der Waals surface area contributed by atoms with Crippen LogP contribution >= 0.6 is 0 Å². The Morgan fingerprint density at radius 1 is 1.19 bits per heavy atom. The smallest absolute Gasteiger partial charge is 0.255 e. The van der Waals surface area contributed by atoms with Gasteiger partial charge in [-0.25, -0.2) is 4.39 Å². The minimum absolute atomic E-state index is 0.284. The van der Waals surface area contributed by atoms with Crippen molar-refractivity contribution in [2.24, 2.45) is 0 Å². The Morgan fingerprint density at radius 3 is 2.56 bits per heavy atom. The number of carbonyl (C=O) groups excluding carboxylic acids is 1. The number of halogens is 1. The molecule has 2 rings (SSSR count). The summed E-state index contributed by atoms with van der Waals surface area (Å²) < 4.78 is 12.6. The van der Waals surface area contributed by atoms with Crippen LogP contribution in [0.1, 0.15) is 10.4 Å². The molecular formula is C12H9FN2O. The van der Waals surface area contributed by atoms with Crippen LogP contribution in [0.4, 0.5) is 10.1 Å². The van der Waals surface area contributed by atoms with Crippen molar-refractivity contribution in [1.82, 2.24) is 4.98 Å². The molecule has 0 atom stereocenters. The summed E-state index contributed by atoms with van der Waals surface area (Å²) in [7, 11) is 0. The van der Waals surface area contributed by atoms with Crippen molar-refractivity contribution in [3.8, 4) is 0 Å². The second-order valence-electron chi connectivity index (χ2n) is 3.20. The van der Waals surface area contributed by atoms with E-state index in [9.17, 15) is 9.18 Å². The van der Waals surface area contributed by atoms with Crippen LogP contribution < -0.4 is 5.32 Å². The molecule has 2 aromatic rings. The summed E-state index contributed by atoms with van der Waals surface area (Å²) in [5.74, 6) is -0.647. The SMILES string of the molecule is O=[11C](Nc1cccnc1)c1ccc(F)cc1. The molecule has 0 radical (unpaired) electrons. The van der Waals surface area contributed by atoms with E-state index in [4.69, 9.17) is 0 Å². The second-order valence-corrected chi connectivity index (χ2v) is 3.20. The van der Waals surface area contributed by atoms with Gasteiger partial charge in [-0.1, -0.05) is 0 Å².